The molecule has 0 saturated heterocycles. The molecule has 0 aliphatic carbocycles. The van der Waals surface area contributed by atoms with Crippen LogP contribution in [0.1, 0.15) is 34.5 Å². The first-order valence-corrected chi connectivity index (χ1v) is 11.1. The second-order valence-electron chi connectivity index (χ2n) is 7.33. The van der Waals surface area contributed by atoms with Crippen molar-refractivity contribution in [1.82, 2.24) is 15.5 Å². The van der Waals surface area contributed by atoms with Gasteiger partial charge in [0.25, 0.3) is 0 Å². The third kappa shape index (κ3) is 7.37. The van der Waals surface area contributed by atoms with Crippen molar-refractivity contribution >= 4 is 23.5 Å². The standard InChI is InChI=1S/C24H29N3O2S/c1-18(12-13-20-8-4-3-5-9-20)25-16-22(28)17-29-23-11-7-6-10-21(23)14-15-24-27-26-19(2)30-24/h3-11,14-15,18,22,25,28H,12-13,16-17H2,1-2H3/b15-14-. The Balaban J connectivity index is 1.43. The van der Waals surface area contributed by atoms with Crippen molar-refractivity contribution < 1.29 is 9.84 Å². The third-order valence-corrected chi connectivity index (χ3v) is 5.51. The average Bonchev–Trinajstić information content (AvgIpc) is 3.19. The zero-order chi connectivity index (χ0) is 21.2. The predicted molar refractivity (Wildman–Crippen MR) is 124 cm³/mol. The number of aryl methyl sites for hydroxylation is 2. The predicted octanol–water partition coefficient (Wildman–Crippen LogP) is 4.37. The Kier molecular flexibility index (Phi) is 8.56. The molecular weight excluding hydrogens is 394 g/mol. The fourth-order valence-electron chi connectivity index (χ4n) is 3.00. The number of aliphatic hydroxyl groups is 1. The van der Waals surface area contributed by atoms with Crippen LogP contribution < -0.4 is 10.1 Å². The van der Waals surface area contributed by atoms with Gasteiger partial charge in [-0.15, -0.1) is 10.2 Å². The minimum absolute atomic E-state index is 0.237. The molecule has 0 radical (unpaired) electrons. The van der Waals surface area contributed by atoms with Crippen LogP contribution in [-0.4, -0.2) is 40.6 Å². The SMILES string of the molecule is Cc1nnc(/C=C\c2ccccc2OCC(O)CNC(C)CCc2ccccc2)s1. The lowest BCUT2D eigenvalue weighted by Gasteiger charge is -2.18. The maximum atomic E-state index is 10.3. The molecule has 0 fully saturated rings. The Bertz CT molecular complexity index is 927. The van der Waals surface area contributed by atoms with Crippen molar-refractivity contribution in [1.29, 1.82) is 0 Å². The summed E-state index contributed by atoms with van der Waals surface area (Å²) in [6.45, 7) is 4.81. The number of aromatic nitrogens is 2. The van der Waals surface area contributed by atoms with E-state index in [0.29, 0.717) is 12.6 Å². The van der Waals surface area contributed by atoms with Crippen molar-refractivity contribution in [3.63, 3.8) is 0 Å². The second-order valence-corrected chi connectivity index (χ2v) is 8.54. The van der Waals surface area contributed by atoms with Gasteiger partial charge in [-0.2, -0.15) is 0 Å². The lowest BCUT2D eigenvalue weighted by atomic mass is 10.1. The molecule has 0 spiro atoms. The number of ether oxygens (including phenoxy) is 1. The molecule has 6 heteroatoms. The molecule has 30 heavy (non-hydrogen) atoms. The first kappa shape index (κ1) is 22.2. The van der Waals surface area contributed by atoms with E-state index in [1.807, 2.05) is 49.4 Å². The van der Waals surface area contributed by atoms with Crippen LogP contribution in [0.15, 0.2) is 54.6 Å². The molecule has 1 heterocycles. The number of benzene rings is 2. The number of rotatable bonds is 11. The van der Waals surface area contributed by atoms with E-state index < -0.39 is 6.10 Å². The van der Waals surface area contributed by atoms with Crippen LogP contribution in [0.4, 0.5) is 0 Å². The van der Waals surface area contributed by atoms with E-state index in [2.05, 4.69) is 46.7 Å². The van der Waals surface area contributed by atoms with Crippen LogP contribution >= 0.6 is 11.3 Å². The molecule has 2 N–H and O–H groups in total. The van der Waals surface area contributed by atoms with Crippen LogP contribution in [0, 0.1) is 6.92 Å². The topological polar surface area (TPSA) is 67.3 Å². The number of hydrogen-bond acceptors (Lipinski definition) is 6. The maximum absolute atomic E-state index is 10.3. The zero-order valence-electron chi connectivity index (χ0n) is 17.5. The van der Waals surface area contributed by atoms with Crippen LogP contribution in [-0.2, 0) is 6.42 Å². The van der Waals surface area contributed by atoms with Gasteiger partial charge < -0.3 is 15.2 Å². The quantitative estimate of drug-likeness (QED) is 0.479. The molecule has 0 saturated carbocycles. The summed E-state index contributed by atoms with van der Waals surface area (Å²) in [4.78, 5) is 0. The highest BCUT2D eigenvalue weighted by Gasteiger charge is 2.10. The van der Waals surface area contributed by atoms with E-state index >= 15 is 0 Å². The Morgan fingerprint density at radius 1 is 1.07 bits per heavy atom. The molecule has 5 nitrogen and oxygen atoms in total. The van der Waals surface area contributed by atoms with E-state index in [9.17, 15) is 5.11 Å². The maximum Gasteiger partial charge on any atom is 0.140 e. The van der Waals surface area contributed by atoms with Crippen molar-refractivity contribution in [3.05, 3.63) is 75.7 Å². The Morgan fingerprint density at radius 2 is 1.83 bits per heavy atom. The fourth-order valence-corrected chi connectivity index (χ4v) is 3.60. The summed E-state index contributed by atoms with van der Waals surface area (Å²) in [5, 5.41) is 23.6. The van der Waals surface area contributed by atoms with Crippen molar-refractivity contribution in [2.24, 2.45) is 0 Å². The number of aliphatic hydroxyl groups excluding tert-OH is 1. The second kappa shape index (κ2) is 11.6. The van der Waals surface area contributed by atoms with Crippen LogP contribution in [0.5, 0.6) is 5.75 Å². The molecule has 2 atom stereocenters. The smallest absolute Gasteiger partial charge is 0.140 e. The molecule has 0 aliphatic heterocycles. The lowest BCUT2D eigenvalue weighted by molar-refractivity contribution is 0.104. The molecule has 158 valence electrons. The Hall–Kier alpha value is -2.54. The van der Waals surface area contributed by atoms with Crippen LogP contribution in [0.25, 0.3) is 12.2 Å². The molecule has 2 aromatic carbocycles. The Labute approximate surface area is 182 Å². The van der Waals surface area contributed by atoms with Gasteiger partial charge in [-0.05, 0) is 50.5 Å². The molecule has 0 bridgehead atoms. The van der Waals surface area contributed by atoms with E-state index in [0.717, 1.165) is 34.2 Å². The number of nitrogens with one attached hydrogen (secondary N) is 1. The number of para-hydroxylation sites is 1. The van der Waals surface area contributed by atoms with Crippen LogP contribution in [0.3, 0.4) is 0 Å². The number of hydrogen-bond donors (Lipinski definition) is 2. The summed E-state index contributed by atoms with van der Waals surface area (Å²) in [6.07, 6.45) is 5.36. The van der Waals surface area contributed by atoms with Crippen LogP contribution in [0.2, 0.25) is 0 Å². The highest BCUT2D eigenvalue weighted by Crippen LogP contribution is 2.21. The first-order valence-electron chi connectivity index (χ1n) is 10.3. The summed E-state index contributed by atoms with van der Waals surface area (Å²) < 4.78 is 5.88. The monoisotopic (exact) mass is 423 g/mol. The van der Waals surface area contributed by atoms with Gasteiger partial charge in [0.1, 0.15) is 28.5 Å². The summed E-state index contributed by atoms with van der Waals surface area (Å²) >= 11 is 1.54. The van der Waals surface area contributed by atoms with E-state index in [-0.39, 0.29) is 6.61 Å². The van der Waals surface area contributed by atoms with Crippen molar-refractivity contribution in [2.75, 3.05) is 13.2 Å². The van der Waals surface area contributed by atoms with Gasteiger partial charge in [0, 0.05) is 18.2 Å². The molecule has 0 amide bonds. The molecule has 2 unspecified atom stereocenters. The molecule has 3 rings (SSSR count). The van der Waals surface area contributed by atoms with Gasteiger partial charge in [0.05, 0.1) is 0 Å². The van der Waals surface area contributed by atoms with Crippen molar-refractivity contribution in [3.8, 4) is 5.75 Å². The van der Waals surface area contributed by atoms with Gasteiger partial charge in [0.15, 0.2) is 0 Å². The zero-order valence-corrected chi connectivity index (χ0v) is 18.3. The summed E-state index contributed by atoms with van der Waals surface area (Å²) in [5.74, 6) is 0.742. The number of nitrogens with zero attached hydrogens (tertiary/aromatic N) is 2. The van der Waals surface area contributed by atoms with E-state index in [1.165, 1.54) is 5.56 Å². The first-order chi connectivity index (χ1) is 14.6. The van der Waals surface area contributed by atoms with E-state index in [1.54, 1.807) is 11.3 Å². The minimum Gasteiger partial charge on any atom is -0.490 e. The van der Waals surface area contributed by atoms with E-state index in [4.69, 9.17) is 4.74 Å². The van der Waals surface area contributed by atoms with Gasteiger partial charge >= 0.3 is 0 Å². The van der Waals surface area contributed by atoms with Crippen molar-refractivity contribution in [2.45, 2.75) is 38.8 Å². The average molecular weight is 424 g/mol. The Morgan fingerprint density at radius 3 is 2.60 bits per heavy atom. The van der Waals surface area contributed by atoms with Gasteiger partial charge in [-0.3, -0.25) is 0 Å². The summed E-state index contributed by atoms with van der Waals surface area (Å²) in [6, 6.07) is 18.6. The molecule has 1 aromatic heterocycles. The normalized spacial score (nSPS) is 13.4. The van der Waals surface area contributed by atoms with Gasteiger partial charge in [0.2, 0.25) is 0 Å². The highest BCUT2D eigenvalue weighted by molar-refractivity contribution is 7.12. The largest absolute Gasteiger partial charge is 0.490 e. The molecule has 0 aliphatic rings. The minimum atomic E-state index is -0.577. The van der Waals surface area contributed by atoms with Gasteiger partial charge in [-0.1, -0.05) is 59.9 Å². The third-order valence-electron chi connectivity index (χ3n) is 4.71. The summed E-state index contributed by atoms with van der Waals surface area (Å²) in [5.41, 5.74) is 2.28. The summed E-state index contributed by atoms with van der Waals surface area (Å²) in [7, 11) is 0. The molecular formula is C24H29N3O2S. The lowest BCUT2D eigenvalue weighted by Crippen LogP contribution is -2.36. The fraction of sp³-hybridized carbons (Fsp3) is 0.333. The van der Waals surface area contributed by atoms with Gasteiger partial charge in [-0.25, -0.2) is 0 Å². The molecule has 3 aromatic rings. The highest BCUT2D eigenvalue weighted by atomic mass is 32.1.